The maximum absolute atomic E-state index is 12.4. The first-order valence-electron chi connectivity index (χ1n) is 12.6. The van der Waals surface area contributed by atoms with Crippen LogP contribution < -0.4 is 22.1 Å². The first kappa shape index (κ1) is 26.0. The van der Waals surface area contributed by atoms with Crippen LogP contribution in [0.15, 0.2) is 60.9 Å². The quantitative estimate of drug-likeness (QED) is 0.155. The average molecular weight is 503 g/mol. The molecule has 0 saturated heterocycles. The Labute approximate surface area is 215 Å². The second-order valence-corrected chi connectivity index (χ2v) is 9.36. The van der Waals surface area contributed by atoms with Gasteiger partial charge in [0.2, 0.25) is 17.7 Å². The normalized spacial score (nSPS) is 12.9. The molecular weight excluding hydrogens is 468 g/mol. The summed E-state index contributed by atoms with van der Waals surface area (Å²) in [5, 5.41) is 7.72. The van der Waals surface area contributed by atoms with Crippen molar-refractivity contribution in [1.29, 1.82) is 0 Å². The molecule has 0 bridgehead atoms. The second-order valence-electron chi connectivity index (χ2n) is 9.36. The SMILES string of the molecule is NC(=O)[C@H](Cc1c[nH]c2ccccc12)NC(=O)CCCCCNC(=O)[C@@H](N)Cc1c[nH]c2ccccc12. The van der Waals surface area contributed by atoms with Gasteiger partial charge >= 0.3 is 0 Å². The Balaban J connectivity index is 1.13. The van der Waals surface area contributed by atoms with Gasteiger partial charge in [0.1, 0.15) is 6.04 Å². The van der Waals surface area contributed by atoms with Crippen LogP contribution in [-0.2, 0) is 27.2 Å². The van der Waals surface area contributed by atoms with Gasteiger partial charge in [-0.15, -0.1) is 0 Å². The fourth-order valence-corrected chi connectivity index (χ4v) is 4.57. The highest BCUT2D eigenvalue weighted by molar-refractivity contribution is 5.89. The lowest BCUT2D eigenvalue weighted by Gasteiger charge is -2.15. The molecule has 0 unspecified atom stereocenters. The lowest BCUT2D eigenvalue weighted by Crippen LogP contribution is -2.45. The molecule has 0 radical (unpaired) electrons. The molecule has 2 atom stereocenters. The Bertz CT molecular complexity index is 1370. The Kier molecular flexibility index (Phi) is 8.58. The number of nitrogens with two attached hydrogens (primary N) is 2. The van der Waals surface area contributed by atoms with Crippen molar-refractivity contribution in [3.05, 3.63) is 72.1 Å². The maximum Gasteiger partial charge on any atom is 0.240 e. The molecule has 3 amide bonds. The molecular formula is C28H34N6O3. The van der Waals surface area contributed by atoms with Crippen LogP contribution in [0.1, 0.15) is 36.8 Å². The van der Waals surface area contributed by atoms with Gasteiger partial charge in [-0.1, -0.05) is 42.8 Å². The van der Waals surface area contributed by atoms with E-state index < -0.39 is 18.0 Å². The number of rotatable bonds is 13. The highest BCUT2D eigenvalue weighted by Crippen LogP contribution is 2.20. The lowest BCUT2D eigenvalue weighted by molar-refractivity contribution is -0.127. The smallest absolute Gasteiger partial charge is 0.240 e. The third kappa shape index (κ3) is 6.77. The number of amides is 3. The highest BCUT2D eigenvalue weighted by Gasteiger charge is 2.20. The summed E-state index contributed by atoms with van der Waals surface area (Å²) in [7, 11) is 0. The number of nitrogens with one attached hydrogen (secondary N) is 4. The number of hydrogen-bond acceptors (Lipinski definition) is 4. The van der Waals surface area contributed by atoms with Crippen molar-refractivity contribution >= 4 is 39.5 Å². The minimum absolute atomic E-state index is 0.190. The number of carbonyl (C=O) groups is 3. The first-order valence-corrected chi connectivity index (χ1v) is 12.6. The number of benzene rings is 2. The first-order chi connectivity index (χ1) is 17.9. The standard InChI is InChI=1S/C28H34N6O3/c29-22(14-18-16-32-23-10-5-3-8-20(18)23)28(37)31-13-7-1-2-12-26(35)34-25(27(30)36)15-19-17-33-24-11-6-4-9-21(19)24/h3-6,8-11,16-17,22,25,32-33H,1-2,7,12-15,29H2,(H2,30,36)(H,31,37)(H,34,35)/t22-,25-/m0/s1. The number of unbranched alkanes of at least 4 members (excludes halogenated alkanes) is 2. The zero-order chi connectivity index (χ0) is 26.2. The van der Waals surface area contributed by atoms with E-state index in [2.05, 4.69) is 20.6 Å². The van der Waals surface area contributed by atoms with Crippen molar-refractivity contribution in [2.24, 2.45) is 11.5 Å². The topological polar surface area (TPSA) is 159 Å². The molecule has 0 aliphatic carbocycles. The van der Waals surface area contributed by atoms with Crippen molar-refractivity contribution < 1.29 is 14.4 Å². The minimum Gasteiger partial charge on any atom is -0.368 e. The highest BCUT2D eigenvalue weighted by atomic mass is 16.2. The fraction of sp³-hybridized carbons (Fsp3) is 0.321. The minimum atomic E-state index is -0.773. The molecule has 2 heterocycles. The predicted octanol–water partition coefficient (Wildman–Crippen LogP) is 2.41. The zero-order valence-corrected chi connectivity index (χ0v) is 20.8. The number of carbonyl (C=O) groups excluding carboxylic acids is 3. The zero-order valence-electron chi connectivity index (χ0n) is 20.8. The molecule has 9 heteroatoms. The lowest BCUT2D eigenvalue weighted by atomic mass is 10.0. The van der Waals surface area contributed by atoms with Gasteiger partial charge in [-0.05, 0) is 42.5 Å². The second kappa shape index (κ2) is 12.2. The number of para-hydroxylation sites is 2. The van der Waals surface area contributed by atoms with Crippen LogP contribution >= 0.6 is 0 Å². The van der Waals surface area contributed by atoms with Gasteiger partial charge in [0, 0.05) is 53.6 Å². The van der Waals surface area contributed by atoms with Crippen molar-refractivity contribution in [3.8, 4) is 0 Å². The summed E-state index contributed by atoms with van der Waals surface area (Å²) in [6.07, 6.45) is 6.93. The van der Waals surface area contributed by atoms with E-state index >= 15 is 0 Å². The number of aromatic nitrogens is 2. The Hall–Kier alpha value is -4.11. The average Bonchev–Trinajstić information content (AvgIpc) is 3.49. The van der Waals surface area contributed by atoms with Gasteiger partial charge in [-0.3, -0.25) is 14.4 Å². The van der Waals surface area contributed by atoms with E-state index in [0.29, 0.717) is 25.8 Å². The van der Waals surface area contributed by atoms with Gasteiger partial charge in [-0.25, -0.2) is 0 Å². The van der Waals surface area contributed by atoms with E-state index in [0.717, 1.165) is 45.8 Å². The molecule has 4 aromatic rings. The van der Waals surface area contributed by atoms with Gasteiger partial charge < -0.3 is 32.1 Å². The Morgan fingerprint density at radius 1 is 0.811 bits per heavy atom. The number of aromatic amines is 2. The van der Waals surface area contributed by atoms with Crippen LogP contribution in [0.5, 0.6) is 0 Å². The third-order valence-corrected chi connectivity index (χ3v) is 6.61. The van der Waals surface area contributed by atoms with Crippen LogP contribution in [-0.4, -0.2) is 46.3 Å². The fourth-order valence-electron chi connectivity index (χ4n) is 4.57. The van der Waals surface area contributed by atoms with Gasteiger partial charge in [0.15, 0.2) is 0 Å². The number of primary amides is 1. The summed E-state index contributed by atoms with van der Waals surface area (Å²) in [6.45, 7) is 0.493. The van der Waals surface area contributed by atoms with E-state index in [4.69, 9.17) is 11.5 Å². The number of fused-ring (bicyclic) bond motifs is 2. The van der Waals surface area contributed by atoms with E-state index in [1.54, 1.807) is 0 Å². The largest absolute Gasteiger partial charge is 0.368 e. The van der Waals surface area contributed by atoms with E-state index in [1.807, 2.05) is 60.9 Å². The van der Waals surface area contributed by atoms with Crippen LogP contribution in [0.2, 0.25) is 0 Å². The molecule has 0 aliphatic heterocycles. The molecule has 0 aliphatic rings. The Morgan fingerprint density at radius 3 is 2.03 bits per heavy atom. The van der Waals surface area contributed by atoms with Crippen molar-refractivity contribution in [3.63, 3.8) is 0 Å². The summed E-state index contributed by atoms with van der Waals surface area (Å²) in [5.41, 5.74) is 15.6. The van der Waals surface area contributed by atoms with E-state index in [9.17, 15) is 14.4 Å². The number of H-pyrrole nitrogens is 2. The van der Waals surface area contributed by atoms with Gasteiger partial charge in [0.25, 0.3) is 0 Å². The molecule has 2 aromatic carbocycles. The summed E-state index contributed by atoms with van der Waals surface area (Å²) >= 11 is 0. The van der Waals surface area contributed by atoms with Crippen molar-refractivity contribution in [1.82, 2.24) is 20.6 Å². The van der Waals surface area contributed by atoms with Crippen LogP contribution in [0.4, 0.5) is 0 Å². The predicted molar refractivity (Wildman–Crippen MR) is 145 cm³/mol. The van der Waals surface area contributed by atoms with Crippen LogP contribution in [0.3, 0.4) is 0 Å². The summed E-state index contributed by atoms with van der Waals surface area (Å²) < 4.78 is 0. The maximum atomic E-state index is 12.4. The van der Waals surface area contributed by atoms with Crippen molar-refractivity contribution in [2.45, 2.75) is 50.6 Å². The van der Waals surface area contributed by atoms with Crippen LogP contribution in [0, 0.1) is 0 Å². The molecule has 4 rings (SSSR count). The molecule has 8 N–H and O–H groups in total. The molecule has 9 nitrogen and oxygen atoms in total. The summed E-state index contributed by atoms with van der Waals surface area (Å²) in [6, 6.07) is 14.3. The Morgan fingerprint density at radius 2 is 1.41 bits per heavy atom. The molecule has 0 fully saturated rings. The van der Waals surface area contributed by atoms with Gasteiger partial charge in [-0.2, -0.15) is 0 Å². The monoisotopic (exact) mass is 502 g/mol. The molecule has 0 saturated carbocycles. The summed E-state index contributed by atoms with van der Waals surface area (Å²) in [5.74, 6) is -0.969. The summed E-state index contributed by atoms with van der Waals surface area (Å²) in [4.78, 5) is 43.1. The molecule has 2 aromatic heterocycles. The molecule has 37 heavy (non-hydrogen) atoms. The third-order valence-electron chi connectivity index (χ3n) is 6.61. The molecule has 194 valence electrons. The van der Waals surface area contributed by atoms with E-state index in [1.165, 1.54) is 0 Å². The van der Waals surface area contributed by atoms with Crippen LogP contribution in [0.25, 0.3) is 21.8 Å². The number of hydrogen-bond donors (Lipinski definition) is 6. The van der Waals surface area contributed by atoms with E-state index in [-0.39, 0.29) is 18.2 Å². The molecule has 0 spiro atoms. The van der Waals surface area contributed by atoms with Gasteiger partial charge in [0.05, 0.1) is 6.04 Å². The van der Waals surface area contributed by atoms with Crippen molar-refractivity contribution in [2.75, 3.05) is 6.54 Å².